The van der Waals surface area contributed by atoms with Crippen LogP contribution in [-0.2, 0) is 0 Å². The predicted molar refractivity (Wildman–Crippen MR) is 123 cm³/mol. The van der Waals surface area contributed by atoms with E-state index in [2.05, 4.69) is 22.2 Å². The number of hydrogen-bond donors (Lipinski definition) is 0. The molecule has 0 N–H and O–H groups in total. The van der Waals surface area contributed by atoms with Crippen molar-refractivity contribution in [2.45, 2.75) is 19.8 Å². The molecule has 0 aliphatic carbocycles. The molecule has 9 heteroatoms. The number of aliphatic imine (C=N–C) groups is 1. The number of halogens is 6. The first-order chi connectivity index (χ1) is 16.3. The monoisotopic (exact) mass is 490 g/mol. The zero-order valence-electron chi connectivity index (χ0n) is 17.7. The molecule has 0 saturated heterocycles. The molecular weight excluding hydrogens is 474 g/mol. The third kappa shape index (κ3) is 5.50. The van der Waals surface area contributed by atoms with E-state index in [0.717, 1.165) is 18.3 Å². The van der Waals surface area contributed by atoms with E-state index in [4.69, 9.17) is 0 Å². The summed E-state index contributed by atoms with van der Waals surface area (Å²) in [5.74, 6) is -6.68. The highest BCUT2D eigenvalue weighted by molar-refractivity contribution is 7.78. The Balaban J connectivity index is 1.93. The molecule has 3 aromatic rings. The Morgan fingerprint density at radius 3 is 2.15 bits per heavy atom. The van der Waals surface area contributed by atoms with Crippen molar-refractivity contribution < 1.29 is 26.3 Å². The highest BCUT2D eigenvalue weighted by Gasteiger charge is 2.18. The lowest BCUT2D eigenvalue weighted by atomic mass is 10.0. The van der Waals surface area contributed by atoms with E-state index in [1.54, 1.807) is 19.1 Å². The molecule has 3 rings (SSSR count). The Hall–Kier alpha value is -3.55. The molecule has 0 radical (unpaired) electrons. The minimum absolute atomic E-state index is 0.00823. The highest BCUT2D eigenvalue weighted by Crippen LogP contribution is 2.33. The Labute approximate surface area is 197 Å². The molecule has 0 aliphatic rings. The maximum Gasteiger partial charge on any atom is 0.162 e. The van der Waals surface area contributed by atoms with Crippen molar-refractivity contribution in [1.82, 2.24) is 4.98 Å². The Bertz CT molecular complexity index is 1280. The van der Waals surface area contributed by atoms with Gasteiger partial charge >= 0.3 is 0 Å². The summed E-state index contributed by atoms with van der Waals surface area (Å²) in [5, 5.41) is 1.88. The maximum atomic E-state index is 14.7. The third-order valence-electron chi connectivity index (χ3n) is 4.82. The normalized spacial score (nSPS) is 12.0. The minimum Gasteiger partial charge on any atom is -0.256 e. The Morgan fingerprint density at radius 1 is 0.971 bits per heavy atom. The number of nitrogens with zero attached hydrogens (tertiary/aromatic N) is 2. The van der Waals surface area contributed by atoms with Crippen molar-refractivity contribution in [2.24, 2.45) is 4.99 Å². The summed E-state index contributed by atoms with van der Waals surface area (Å²) in [4.78, 5) is 7.33. The fourth-order valence-electron chi connectivity index (χ4n) is 3.20. The molecule has 0 atom stereocenters. The van der Waals surface area contributed by atoms with Crippen LogP contribution in [0, 0.1) is 23.3 Å². The van der Waals surface area contributed by atoms with Crippen LogP contribution in [0.5, 0.6) is 0 Å². The first kappa shape index (κ1) is 25.1. The molecule has 0 amide bonds. The van der Waals surface area contributed by atoms with Crippen molar-refractivity contribution in [3.8, 4) is 22.4 Å². The number of hydrogen-bond acceptors (Lipinski definition) is 3. The smallest absolute Gasteiger partial charge is 0.162 e. The van der Waals surface area contributed by atoms with Crippen molar-refractivity contribution in [3.05, 3.63) is 89.4 Å². The average molecular weight is 490 g/mol. The van der Waals surface area contributed by atoms with Crippen LogP contribution in [0.2, 0.25) is 0 Å². The van der Waals surface area contributed by atoms with Gasteiger partial charge in [-0.15, -0.1) is 0 Å². The zero-order valence-corrected chi connectivity index (χ0v) is 18.5. The summed E-state index contributed by atoms with van der Waals surface area (Å²) < 4.78 is 85.7. The molecule has 0 fully saturated rings. The maximum absolute atomic E-state index is 14.7. The van der Waals surface area contributed by atoms with E-state index >= 15 is 0 Å². The van der Waals surface area contributed by atoms with Gasteiger partial charge in [0.25, 0.3) is 0 Å². The van der Waals surface area contributed by atoms with Crippen LogP contribution in [0.15, 0.2) is 65.6 Å². The topological polar surface area (TPSA) is 25.2 Å². The molecule has 0 spiro atoms. The van der Waals surface area contributed by atoms with Crippen molar-refractivity contribution in [3.63, 3.8) is 0 Å². The van der Waals surface area contributed by atoms with E-state index < -0.39 is 51.7 Å². The molecule has 0 aliphatic heterocycles. The van der Waals surface area contributed by atoms with Gasteiger partial charge in [0, 0.05) is 29.3 Å². The van der Waals surface area contributed by atoms with Gasteiger partial charge in [-0.05, 0) is 55.9 Å². The van der Waals surface area contributed by atoms with Gasteiger partial charge in [-0.3, -0.25) is 4.98 Å². The molecule has 174 valence electrons. The van der Waals surface area contributed by atoms with Crippen molar-refractivity contribution >= 4 is 28.9 Å². The fraction of sp³-hybridized carbons (Fsp3) is 0.120. The average Bonchev–Trinajstić information content (AvgIpc) is 2.80. The van der Waals surface area contributed by atoms with Crippen LogP contribution < -0.4 is 0 Å². The third-order valence-corrected chi connectivity index (χ3v) is 4.91. The van der Waals surface area contributed by atoms with Gasteiger partial charge in [-0.1, -0.05) is 18.2 Å². The molecule has 0 unspecified atom stereocenters. The number of benzene rings is 2. The first-order valence-electron chi connectivity index (χ1n) is 9.95. The second-order valence-corrected chi connectivity index (χ2v) is 7.25. The van der Waals surface area contributed by atoms with Crippen molar-refractivity contribution in [2.75, 3.05) is 0 Å². The Kier molecular flexibility index (Phi) is 8.15. The SMILES string of the molecule is C/C=C/CC/C(F)=C(\F)c1cc(F)c(-c2ccc(-c3cc(F)c(N=C=S)c(F)c3)nc2)c(F)c1. The zero-order chi connectivity index (χ0) is 24.8. The molecule has 1 aromatic heterocycles. The quantitative estimate of drug-likeness (QED) is 0.143. The molecule has 2 nitrogen and oxygen atoms in total. The van der Waals surface area contributed by atoms with Gasteiger partial charge in [0.2, 0.25) is 0 Å². The van der Waals surface area contributed by atoms with E-state index in [-0.39, 0.29) is 29.7 Å². The van der Waals surface area contributed by atoms with Crippen LogP contribution in [0.4, 0.5) is 32.0 Å². The molecule has 0 saturated carbocycles. The van der Waals surface area contributed by atoms with Crippen LogP contribution in [0.1, 0.15) is 25.3 Å². The standard InChI is InChI=1S/C25H16F6N2S/c1-2-3-4-5-17(26)24(31)16-10-18(27)23(19(28)11-16)14-6-7-22(32-12-14)15-8-20(29)25(33-13-34)21(30)9-15/h2-3,6-12H,4-5H2,1H3/b3-2+,24-17+. The largest absolute Gasteiger partial charge is 0.256 e. The van der Waals surface area contributed by atoms with Crippen LogP contribution in [-0.4, -0.2) is 10.1 Å². The second-order valence-electron chi connectivity index (χ2n) is 7.07. The summed E-state index contributed by atoms with van der Waals surface area (Å²) in [5.41, 5.74) is -1.50. The predicted octanol–water partition coefficient (Wildman–Crippen LogP) is 8.67. The lowest BCUT2D eigenvalue weighted by Crippen LogP contribution is -1.96. The second kappa shape index (κ2) is 11.0. The number of pyridine rings is 1. The summed E-state index contributed by atoms with van der Waals surface area (Å²) in [7, 11) is 0. The Morgan fingerprint density at radius 2 is 1.62 bits per heavy atom. The van der Waals surface area contributed by atoms with Gasteiger partial charge in [0.15, 0.2) is 17.5 Å². The van der Waals surface area contributed by atoms with E-state index in [0.29, 0.717) is 12.1 Å². The summed E-state index contributed by atoms with van der Waals surface area (Å²) >= 11 is 4.35. The number of thiocarbonyl (C=S) groups is 1. The summed E-state index contributed by atoms with van der Waals surface area (Å²) in [6.07, 6.45) is 4.41. The van der Waals surface area contributed by atoms with E-state index in [9.17, 15) is 26.3 Å². The lowest BCUT2D eigenvalue weighted by Gasteiger charge is -2.09. The molecule has 1 heterocycles. The number of aromatic nitrogens is 1. The number of isothiocyanates is 1. The van der Waals surface area contributed by atoms with E-state index in [1.807, 2.05) is 5.16 Å². The molecule has 34 heavy (non-hydrogen) atoms. The van der Waals surface area contributed by atoms with Gasteiger partial charge in [-0.25, -0.2) is 26.3 Å². The highest BCUT2D eigenvalue weighted by atomic mass is 32.1. The van der Waals surface area contributed by atoms with Gasteiger partial charge < -0.3 is 0 Å². The summed E-state index contributed by atoms with van der Waals surface area (Å²) in [6.45, 7) is 1.73. The fourth-order valence-corrected chi connectivity index (χ4v) is 3.29. The summed E-state index contributed by atoms with van der Waals surface area (Å²) in [6, 6.07) is 5.93. The van der Waals surface area contributed by atoms with Gasteiger partial charge in [0.05, 0.1) is 16.4 Å². The number of rotatable bonds is 7. The number of allylic oxidation sites excluding steroid dienone is 3. The lowest BCUT2D eigenvalue weighted by molar-refractivity contribution is 0.561. The van der Waals surface area contributed by atoms with Gasteiger partial charge in [-0.2, -0.15) is 4.99 Å². The minimum atomic E-state index is -1.34. The van der Waals surface area contributed by atoms with Crippen LogP contribution in [0.25, 0.3) is 28.2 Å². The molecule has 2 aromatic carbocycles. The van der Waals surface area contributed by atoms with Crippen molar-refractivity contribution in [1.29, 1.82) is 0 Å². The van der Waals surface area contributed by atoms with Gasteiger partial charge in [0.1, 0.15) is 23.1 Å². The molecular formula is C25H16F6N2S. The van der Waals surface area contributed by atoms with Crippen LogP contribution in [0.3, 0.4) is 0 Å². The first-order valence-corrected chi connectivity index (χ1v) is 10.4. The van der Waals surface area contributed by atoms with Crippen LogP contribution >= 0.6 is 12.2 Å². The van der Waals surface area contributed by atoms with E-state index in [1.165, 1.54) is 12.1 Å². The molecule has 0 bridgehead atoms.